The Bertz CT molecular complexity index is 787. The molecule has 1 aliphatic rings. The predicted octanol–water partition coefficient (Wildman–Crippen LogP) is 2.02. The Morgan fingerprint density at radius 1 is 1.31 bits per heavy atom. The minimum atomic E-state index is -0.671. The van der Waals surface area contributed by atoms with E-state index >= 15 is 0 Å². The fourth-order valence-corrected chi connectivity index (χ4v) is 2.89. The number of rotatable bonds is 4. The van der Waals surface area contributed by atoms with Crippen LogP contribution in [0.3, 0.4) is 0 Å². The van der Waals surface area contributed by atoms with Gasteiger partial charge in [-0.3, -0.25) is 9.78 Å². The molecule has 3 rings (SSSR count). The number of carbonyl (C=O) groups excluding carboxylic acids is 2. The fraction of sp³-hybridized carbons (Fsp3) is 0.278. The van der Waals surface area contributed by atoms with Crippen molar-refractivity contribution in [3.05, 3.63) is 54.6 Å². The highest BCUT2D eigenvalue weighted by Gasteiger charge is 2.40. The van der Waals surface area contributed by atoms with Gasteiger partial charge in [-0.15, -0.1) is 0 Å². The lowest BCUT2D eigenvalue weighted by Gasteiger charge is -2.23. The van der Waals surface area contributed by atoms with E-state index in [2.05, 4.69) is 15.6 Å². The summed E-state index contributed by atoms with van der Waals surface area (Å²) < 4.78 is 19.1. The molecule has 8 heteroatoms. The van der Waals surface area contributed by atoms with Crippen LogP contribution in [-0.2, 0) is 4.79 Å². The first kappa shape index (κ1) is 17.7. The third kappa shape index (κ3) is 4.08. The van der Waals surface area contributed by atoms with Crippen LogP contribution < -0.4 is 15.4 Å². The summed E-state index contributed by atoms with van der Waals surface area (Å²) in [7, 11) is 1.51. The van der Waals surface area contributed by atoms with E-state index < -0.39 is 17.9 Å². The molecule has 7 nitrogen and oxygen atoms in total. The second-order valence-electron chi connectivity index (χ2n) is 5.89. The lowest BCUT2D eigenvalue weighted by atomic mass is 10.2. The monoisotopic (exact) mass is 358 g/mol. The number of ether oxygens (including phenoxy) is 1. The van der Waals surface area contributed by atoms with Gasteiger partial charge in [0.15, 0.2) is 0 Å². The molecule has 2 heterocycles. The van der Waals surface area contributed by atoms with Crippen molar-refractivity contribution < 1.29 is 18.7 Å². The van der Waals surface area contributed by atoms with Crippen LogP contribution in [0.1, 0.15) is 6.42 Å². The molecule has 0 spiro atoms. The lowest BCUT2D eigenvalue weighted by molar-refractivity contribution is -0.124. The van der Waals surface area contributed by atoms with Crippen LogP contribution in [0.4, 0.5) is 14.9 Å². The summed E-state index contributed by atoms with van der Waals surface area (Å²) in [4.78, 5) is 30.1. The number of halogens is 1. The van der Waals surface area contributed by atoms with Gasteiger partial charge in [0.25, 0.3) is 0 Å². The lowest BCUT2D eigenvalue weighted by Crippen LogP contribution is -2.46. The van der Waals surface area contributed by atoms with E-state index in [0.29, 0.717) is 17.9 Å². The van der Waals surface area contributed by atoms with Crippen molar-refractivity contribution in [1.29, 1.82) is 0 Å². The standard InChI is InChI=1S/C18H19FN4O3/c1-20-17(24)16-9-15(26-14-6-3-7-21-10-14)11-23(16)18(25)22-13-5-2-4-12(19)8-13/h2-8,10,15-16H,9,11H2,1H3,(H,20,24)(H,22,25)/t15-,16+/m0/s1. The fourth-order valence-electron chi connectivity index (χ4n) is 2.89. The highest BCUT2D eigenvalue weighted by Crippen LogP contribution is 2.24. The van der Waals surface area contributed by atoms with E-state index in [4.69, 9.17) is 4.74 Å². The zero-order valence-electron chi connectivity index (χ0n) is 14.2. The zero-order valence-corrected chi connectivity index (χ0v) is 14.2. The van der Waals surface area contributed by atoms with Crippen LogP contribution in [0.2, 0.25) is 0 Å². The number of aromatic nitrogens is 1. The van der Waals surface area contributed by atoms with Gasteiger partial charge in [-0.25, -0.2) is 9.18 Å². The maximum absolute atomic E-state index is 13.3. The smallest absolute Gasteiger partial charge is 0.322 e. The Labute approximate surface area is 150 Å². The van der Waals surface area contributed by atoms with Crippen molar-refractivity contribution in [1.82, 2.24) is 15.2 Å². The molecule has 1 aromatic carbocycles. The van der Waals surface area contributed by atoms with E-state index in [-0.39, 0.29) is 18.6 Å². The minimum absolute atomic E-state index is 0.230. The normalized spacial score (nSPS) is 19.1. The van der Waals surface area contributed by atoms with E-state index in [1.165, 1.54) is 30.1 Å². The molecule has 136 valence electrons. The highest BCUT2D eigenvalue weighted by atomic mass is 19.1. The number of nitrogens with one attached hydrogen (secondary N) is 2. The molecule has 26 heavy (non-hydrogen) atoms. The van der Waals surface area contributed by atoms with Crippen LogP contribution in [0, 0.1) is 5.82 Å². The summed E-state index contributed by atoms with van der Waals surface area (Å²) in [5.74, 6) is -0.165. The molecule has 1 aliphatic heterocycles. The van der Waals surface area contributed by atoms with Crippen molar-refractivity contribution in [2.75, 3.05) is 18.9 Å². The number of benzene rings is 1. The third-order valence-electron chi connectivity index (χ3n) is 4.09. The first-order valence-corrected chi connectivity index (χ1v) is 8.18. The van der Waals surface area contributed by atoms with Gasteiger partial charge in [-0.05, 0) is 30.3 Å². The number of hydrogen-bond acceptors (Lipinski definition) is 4. The molecule has 0 saturated carbocycles. The van der Waals surface area contributed by atoms with Gasteiger partial charge in [-0.2, -0.15) is 0 Å². The second kappa shape index (κ2) is 7.81. The molecule has 3 amide bonds. The average Bonchev–Trinajstić information content (AvgIpc) is 3.06. The summed E-state index contributed by atoms with van der Waals surface area (Å²) in [6.07, 6.45) is 3.21. The maximum Gasteiger partial charge on any atom is 0.322 e. The Hall–Kier alpha value is -3.16. The van der Waals surface area contributed by atoms with Crippen LogP contribution in [-0.4, -0.2) is 47.6 Å². The van der Waals surface area contributed by atoms with E-state index in [9.17, 15) is 14.0 Å². The molecule has 2 aromatic rings. The molecular weight excluding hydrogens is 339 g/mol. The Morgan fingerprint density at radius 2 is 2.15 bits per heavy atom. The molecular formula is C18H19FN4O3. The average molecular weight is 358 g/mol. The number of nitrogens with zero attached hydrogens (tertiary/aromatic N) is 2. The van der Waals surface area contributed by atoms with Crippen LogP contribution >= 0.6 is 0 Å². The summed E-state index contributed by atoms with van der Waals surface area (Å²) in [5, 5.41) is 5.18. The summed E-state index contributed by atoms with van der Waals surface area (Å²) >= 11 is 0. The number of anilines is 1. The van der Waals surface area contributed by atoms with Crippen molar-refractivity contribution in [2.45, 2.75) is 18.6 Å². The molecule has 1 aromatic heterocycles. The van der Waals surface area contributed by atoms with Gasteiger partial charge in [0.2, 0.25) is 5.91 Å². The number of carbonyl (C=O) groups is 2. The van der Waals surface area contributed by atoms with Gasteiger partial charge >= 0.3 is 6.03 Å². The van der Waals surface area contributed by atoms with Crippen molar-refractivity contribution >= 4 is 17.6 Å². The molecule has 0 radical (unpaired) electrons. The Morgan fingerprint density at radius 3 is 2.85 bits per heavy atom. The number of amides is 3. The molecule has 0 bridgehead atoms. The largest absolute Gasteiger partial charge is 0.487 e. The number of likely N-dealkylation sites (tertiary alicyclic amines) is 1. The highest BCUT2D eigenvalue weighted by molar-refractivity contribution is 5.94. The van der Waals surface area contributed by atoms with E-state index in [1.54, 1.807) is 30.6 Å². The summed E-state index contributed by atoms with van der Waals surface area (Å²) in [6.45, 7) is 0.230. The van der Waals surface area contributed by atoms with Crippen LogP contribution in [0.5, 0.6) is 5.75 Å². The van der Waals surface area contributed by atoms with Gasteiger partial charge in [0, 0.05) is 25.4 Å². The second-order valence-corrected chi connectivity index (χ2v) is 5.89. The number of pyridine rings is 1. The van der Waals surface area contributed by atoms with Crippen molar-refractivity contribution in [2.24, 2.45) is 0 Å². The third-order valence-corrected chi connectivity index (χ3v) is 4.09. The van der Waals surface area contributed by atoms with E-state index in [0.717, 1.165) is 0 Å². The molecule has 2 N–H and O–H groups in total. The van der Waals surface area contributed by atoms with Gasteiger partial charge in [0.1, 0.15) is 23.7 Å². The molecule has 1 fully saturated rings. The molecule has 2 atom stereocenters. The number of hydrogen-bond donors (Lipinski definition) is 2. The topological polar surface area (TPSA) is 83.6 Å². The minimum Gasteiger partial charge on any atom is -0.487 e. The van der Waals surface area contributed by atoms with Gasteiger partial charge in [0.05, 0.1) is 12.7 Å². The first-order chi connectivity index (χ1) is 12.6. The number of urea groups is 1. The zero-order chi connectivity index (χ0) is 18.5. The van der Waals surface area contributed by atoms with Crippen molar-refractivity contribution in [3.63, 3.8) is 0 Å². The number of likely N-dealkylation sites (N-methyl/N-ethyl adjacent to an activating group) is 1. The SMILES string of the molecule is CNC(=O)[C@H]1C[C@H](Oc2cccnc2)CN1C(=O)Nc1cccc(F)c1. The Kier molecular flexibility index (Phi) is 5.31. The Balaban J connectivity index is 1.72. The van der Waals surface area contributed by atoms with Crippen molar-refractivity contribution in [3.8, 4) is 5.75 Å². The first-order valence-electron chi connectivity index (χ1n) is 8.18. The summed E-state index contributed by atoms with van der Waals surface area (Å²) in [6, 6.07) is 7.93. The summed E-state index contributed by atoms with van der Waals surface area (Å²) in [5.41, 5.74) is 0.322. The maximum atomic E-state index is 13.3. The molecule has 0 aliphatic carbocycles. The predicted molar refractivity (Wildman–Crippen MR) is 93.2 cm³/mol. The quantitative estimate of drug-likeness (QED) is 0.876. The van der Waals surface area contributed by atoms with Crippen LogP contribution in [0.15, 0.2) is 48.8 Å². The van der Waals surface area contributed by atoms with Gasteiger partial charge < -0.3 is 20.3 Å². The van der Waals surface area contributed by atoms with Crippen LogP contribution in [0.25, 0.3) is 0 Å². The molecule has 1 saturated heterocycles. The van der Waals surface area contributed by atoms with Gasteiger partial charge in [-0.1, -0.05) is 6.07 Å². The molecule has 0 unspecified atom stereocenters. The van der Waals surface area contributed by atoms with E-state index in [1.807, 2.05) is 0 Å².